The van der Waals surface area contributed by atoms with Gasteiger partial charge in [-0.1, -0.05) is 98.1 Å². The van der Waals surface area contributed by atoms with Gasteiger partial charge in [0.1, 0.15) is 0 Å². The molecule has 0 amide bonds. The first-order valence-corrected chi connectivity index (χ1v) is 12.1. The maximum absolute atomic E-state index is 3.83. The summed E-state index contributed by atoms with van der Waals surface area (Å²) in [5, 5.41) is 0. The van der Waals surface area contributed by atoms with E-state index in [9.17, 15) is 0 Å². The molecule has 0 bridgehead atoms. The fourth-order valence-electron chi connectivity index (χ4n) is 3.66. The van der Waals surface area contributed by atoms with Crippen LogP contribution in [-0.4, -0.2) is 0 Å². The van der Waals surface area contributed by atoms with Gasteiger partial charge in [-0.2, -0.15) is 0 Å². The van der Waals surface area contributed by atoms with E-state index in [1.54, 1.807) is 0 Å². The number of hydrogen-bond acceptors (Lipinski definition) is 2. The fourth-order valence-corrected chi connectivity index (χ4v) is 5.70. The first-order chi connectivity index (χ1) is 15.7. The Morgan fingerprint density at radius 2 is 0.625 bits per heavy atom. The van der Waals surface area contributed by atoms with Crippen LogP contribution in [0, 0.1) is 0 Å². The van der Waals surface area contributed by atoms with E-state index in [4.69, 9.17) is 0 Å². The van der Waals surface area contributed by atoms with E-state index in [1.165, 1.54) is 41.8 Å². The van der Waals surface area contributed by atoms with Gasteiger partial charge in [0.2, 0.25) is 0 Å². The summed E-state index contributed by atoms with van der Waals surface area (Å²) in [6.07, 6.45) is 3.75. The summed E-state index contributed by atoms with van der Waals surface area (Å²) in [4.78, 5) is 5.14. The Kier molecular flexibility index (Phi) is 5.72. The quantitative estimate of drug-likeness (QED) is 0.243. The van der Waals surface area contributed by atoms with Gasteiger partial charge in [-0.05, 0) is 57.6 Å². The standard InChI is InChI=1S/C30H22S2/c1-3-21-5-9-23(10-6-21)27-17-19-29(31-27)25-13-15-26(16-14-25)30-20-18-28(32-30)24-11-7-22(4-2)8-12-24/h3-20H,1-2H2. The molecule has 2 heteroatoms. The van der Waals surface area contributed by atoms with Crippen LogP contribution >= 0.6 is 22.7 Å². The first-order valence-electron chi connectivity index (χ1n) is 10.5. The Balaban J connectivity index is 1.35. The molecule has 2 aromatic heterocycles. The van der Waals surface area contributed by atoms with Crippen molar-refractivity contribution in [3.8, 4) is 41.8 Å². The molecular formula is C30H22S2. The normalized spacial score (nSPS) is 10.8. The number of thiophene rings is 2. The molecule has 5 aromatic rings. The molecule has 3 aromatic carbocycles. The highest BCUT2D eigenvalue weighted by molar-refractivity contribution is 7.19. The maximum atomic E-state index is 3.83. The van der Waals surface area contributed by atoms with Crippen LogP contribution < -0.4 is 0 Å². The number of benzene rings is 3. The lowest BCUT2D eigenvalue weighted by Gasteiger charge is -2.02. The summed E-state index contributed by atoms with van der Waals surface area (Å²) >= 11 is 3.66. The summed E-state index contributed by atoms with van der Waals surface area (Å²) in [6.45, 7) is 7.66. The van der Waals surface area contributed by atoms with E-state index < -0.39 is 0 Å². The molecule has 0 N–H and O–H groups in total. The monoisotopic (exact) mass is 446 g/mol. The van der Waals surface area contributed by atoms with Gasteiger partial charge < -0.3 is 0 Å². The molecule has 0 aliphatic carbocycles. The van der Waals surface area contributed by atoms with Crippen molar-refractivity contribution < 1.29 is 0 Å². The fraction of sp³-hybridized carbons (Fsp3) is 0. The zero-order valence-electron chi connectivity index (χ0n) is 17.6. The molecule has 154 valence electrons. The van der Waals surface area contributed by atoms with E-state index >= 15 is 0 Å². The van der Waals surface area contributed by atoms with Gasteiger partial charge in [0.15, 0.2) is 0 Å². The molecule has 0 aliphatic rings. The smallest absolute Gasteiger partial charge is 0.0349 e. The van der Waals surface area contributed by atoms with Gasteiger partial charge in [-0.25, -0.2) is 0 Å². The molecule has 0 saturated carbocycles. The molecular weight excluding hydrogens is 424 g/mol. The number of hydrogen-bond donors (Lipinski definition) is 0. The predicted molar refractivity (Wildman–Crippen MR) is 144 cm³/mol. The molecule has 0 saturated heterocycles. The second kappa shape index (κ2) is 8.96. The second-order valence-electron chi connectivity index (χ2n) is 7.56. The van der Waals surface area contributed by atoms with Crippen LogP contribution in [0.4, 0.5) is 0 Å². The average Bonchev–Trinajstić information content (AvgIpc) is 3.55. The molecule has 32 heavy (non-hydrogen) atoms. The molecule has 0 nitrogen and oxygen atoms in total. The van der Waals surface area contributed by atoms with Crippen molar-refractivity contribution in [2.75, 3.05) is 0 Å². The molecule has 0 radical (unpaired) electrons. The third kappa shape index (κ3) is 4.16. The van der Waals surface area contributed by atoms with Crippen LogP contribution in [0.25, 0.3) is 53.9 Å². The van der Waals surface area contributed by atoms with Gasteiger partial charge in [0.25, 0.3) is 0 Å². The van der Waals surface area contributed by atoms with E-state index in [2.05, 4.69) is 110 Å². The van der Waals surface area contributed by atoms with Gasteiger partial charge in [-0.15, -0.1) is 22.7 Å². The van der Waals surface area contributed by atoms with Crippen molar-refractivity contribution in [3.63, 3.8) is 0 Å². The van der Waals surface area contributed by atoms with Crippen LogP contribution in [0.5, 0.6) is 0 Å². The molecule has 0 spiro atoms. The lowest BCUT2D eigenvalue weighted by atomic mass is 10.1. The summed E-state index contributed by atoms with van der Waals surface area (Å²) < 4.78 is 0. The third-order valence-corrected chi connectivity index (χ3v) is 7.89. The maximum Gasteiger partial charge on any atom is 0.0349 e. The van der Waals surface area contributed by atoms with Crippen molar-refractivity contribution in [1.29, 1.82) is 0 Å². The zero-order chi connectivity index (χ0) is 21.9. The molecule has 2 heterocycles. The predicted octanol–water partition coefficient (Wildman–Crippen LogP) is 9.76. The zero-order valence-corrected chi connectivity index (χ0v) is 19.3. The van der Waals surface area contributed by atoms with Crippen molar-refractivity contribution >= 4 is 34.8 Å². The Bertz CT molecular complexity index is 1250. The Hall–Kier alpha value is -3.46. The minimum absolute atomic E-state index is 1.15. The van der Waals surface area contributed by atoms with Crippen LogP contribution in [0.1, 0.15) is 11.1 Å². The minimum atomic E-state index is 1.15. The Labute approximate surface area is 197 Å². The molecule has 0 atom stereocenters. The van der Waals surface area contributed by atoms with Crippen LogP contribution in [0.2, 0.25) is 0 Å². The average molecular weight is 447 g/mol. The highest BCUT2D eigenvalue weighted by Gasteiger charge is 2.08. The Morgan fingerprint density at radius 1 is 0.375 bits per heavy atom. The molecule has 0 aliphatic heterocycles. The lowest BCUT2D eigenvalue weighted by molar-refractivity contribution is 1.65. The highest BCUT2D eigenvalue weighted by Crippen LogP contribution is 2.38. The van der Waals surface area contributed by atoms with Crippen molar-refractivity contribution in [3.05, 3.63) is 121 Å². The summed E-state index contributed by atoms with van der Waals surface area (Å²) in [7, 11) is 0. The van der Waals surface area contributed by atoms with Crippen LogP contribution in [-0.2, 0) is 0 Å². The number of rotatable bonds is 6. The van der Waals surface area contributed by atoms with Crippen molar-refractivity contribution in [1.82, 2.24) is 0 Å². The van der Waals surface area contributed by atoms with Crippen LogP contribution in [0.15, 0.2) is 110 Å². The van der Waals surface area contributed by atoms with Gasteiger partial charge in [-0.3, -0.25) is 0 Å². The van der Waals surface area contributed by atoms with E-state index in [1.807, 2.05) is 34.8 Å². The van der Waals surface area contributed by atoms with Gasteiger partial charge in [0.05, 0.1) is 0 Å². The van der Waals surface area contributed by atoms with E-state index in [0.717, 1.165) is 11.1 Å². The highest BCUT2D eigenvalue weighted by atomic mass is 32.1. The molecule has 0 fully saturated rings. The summed E-state index contributed by atoms with van der Waals surface area (Å²) in [5.41, 5.74) is 7.29. The molecule has 0 unspecified atom stereocenters. The minimum Gasteiger partial charge on any atom is -0.135 e. The van der Waals surface area contributed by atoms with E-state index in [0.29, 0.717) is 0 Å². The van der Waals surface area contributed by atoms with E-state index in [-0.39, 0.29) is 0 Å². The van der Waals surface area contributed by atoms with Crippen LogP contribution in [0.3, 0.4) is 0 Å². The topological polar surface area (TPSA) is 0 Å². The SMILES string of the molecule is C=Cc1ccc(-c2ccc(-c3ccc(-c4ccc(-c5ccc(C=C)cc5)s4)cc3)s2)cc1. The summed E-state index contributed by atoms with van der Waals surface area (Å²) in [6, 6.07) is 34.8. The largest absolute Gasteiger partial charge is 0.135 e. The Morgan fingerprint density at radius 3 is 0.875 bits per heavy atom. The summed E-state index contributed by atoms with van der Waals surface area (Å²) in [5.74, 6) is 0. The first kappa shape index (κ1) is 20.4. The van der Waals surface area contributed by atoms with Crippen molar-refractivity contribution in [2.45, 2.75) is 0 Å². The van der Waals surface area contributed by atoms with Gasteiger partial charge >= 0.3 is 0 Å². The lowest BCUT2D eigenvalue weighted by Crippen LogP contribution is -1.75. The second-order valence-corrected chi connectivity index (χ2v) is 9.72. The third-order valence-electron chi connectivity index (χ3n) is 5.53. The van der Waals surface area contributed by atoms with Crippen molar-refractivity contribution in [2.24, 2.45) is 0 Å². The van der Waals surface area contributed by atoms with Gasteiger partial charge in [0, 0.05) is 19.5 Å². The molecule has 5 rings (SSSR count).